The number of aromatic nitrogens is 2. The molecule has 0 N–H and O–H groups in total. The van der Waals surface area contributed by atoms with Crippen molar-refractivity contribution < 1.29 is 14.0 Å². The zero-order chi connectivity index (χ0) is 14.6. The Morgan fingerprint density at radius 2 is 1.81 bits per heavy atom. The van der Waals surface area contributed by atoms with Gasteiger partial charge in [0.1, 0.15) is 11.5 Å². The van der Waals surface area contributed by atoms with Gasteiger partial charge in [-0.3, -0.25) is 4.98 Å². The second-order valence-corrected chi connectivity index (χ2v) is 6.05. The maximum absolute atomic E-state index is 6.22. The van der Waals surface area contributed by atoms with Crippen molar-refractivity contribution in [3.8, 4) is 11.3 Å². The summed E-state index contributed by atoms with van der Waals surface area (Å²) in [4.78, 5) is 3.96. The van der Waals surface area contributed by atoms with Crippen molar-refractivity contribution in [3.63, 3.8) is 0 Å². The Hall–Kier alpha value is -1.14. The highest BCUT2D eigenvalue weighted by Gasteiger charge is 2.41. The van der Waals surface area contributed by atoms with E-state index in [0.717, 1.165) is 24.2 Å². The lowest BCUT2D eigenvalue weighted by Crippen LogP contribution is -2.32. The lowest BCUT2D eigenvalue weighted by Gasteiger charge is -2.33. The van der Waals surface area contributed by atoms with E-state index in [1.807, 2.05) is 6.92 Å². The molecule has 0 atom stereocenters. The van der Waals surface area contributed by atoms with Gasteiger partial charge in [-0.25, -0.2) is 0 Å². The Labute approximate surface area is 131 Å². The smallest absolute Gasteiger partial charge is 0.195 e. The quantitative estimate of drug-likeness (QED) is 0.841. The number of halogens is 2. The molecule has 0 aromatic carbocycles. The molecular formula is C14H12Cl2N2O3. The monoisotopic (exact) mass is 326 g/mol. The Morgan fingerprint density at radius 3 is 2.38 bits per heavy atom. The molecule has 0 spiro atoms. The van der Waals surface area contributed by atoms with E-state index in [1.54, 1.807) is 0 Å². The Balaban J connectivity index is 1.85. The Bertz CT molecular complexity index is 673. The fourth-order valence-electron chi connectivity index (χ4n) is 2.49. The summed E-state index contributed by atoms with van der Waals surface area (Å²) in [6, 6.07) is 0. The molecule has 4 rings (SSSR count). The minimum atomic E-state index is -0.475. The molecule has 21 heavy (non-hydrogen) atoms. The van der Waals surface area contributed by atoms with Crippen LogP contribution in [0.1, 0.15) is 43.3 Å². The largest absolute Gasteiger partial charge is 0.360 e. The van der Waals surface area contributed by atoms with Crippen LogP contribution in [0.4, 0.5) is 0 Å². The molecule has 7 heteroatoms. The van der Waals surface area contributed by atoms with Crippen LogP contribution in [0.25, 0.3) is 11.3 Å². The predicted molar refractivity (Wildman–Crippen MR) is 76.1 cm³/mol. The van der Waals surface area contributed by atoms with Crippen molar-refractivity contribution in [2.24, 2.45) is 0 Å². The highest BCUT2D eigenvalue weighted by atomic mass is 35.5. The SMILES string of the molecule is CC1OC(c2c(-c3c(Cl)cncc3Cl)noc2C2CC2)O1. The molecule has 1 saturated carbocycles. The fraction of sp³-hybridized carbons (Fsp3) is 0.429. The molecule has 3 heterocycles. The van der Waals surface area contributed by atoms with Crippen molar-refractivity contribution in [1.82, 2.24) is 10.1 Å². The van der Waals surface area contributed by atoms with E-state index in [0.29, 0.717) is 27.2 Å². The Kier molecular flexibility index (Phi) is 3.19. The van der Waals surface area contributed by atoms with E-state index >= 15 is 0 Å². The van der Waals surface area contributed by atoms with Gasteiger partial charge in [0.2, 0.25) is 0 Å². The molecule has 110 valence electrons. The number of pyridine rings is 1. The summed E-state index contributed by atoms with van der Waals surface area (Å²) in [7, 11) is 0. The first-order chi connectivity index (χ1) is 10.1. The molecule has 5 nitrogen and oxygen atoms in total. The van der Waals surface area contributed by atoms with E-state index < -0.39 is 6.29 Å². The van der Waals surface area contributed by atoms with Gasteiger partial charge < -0.3 is 14.0 Å². The van der Waals surface area contributed by atoms with Crippen molar-refractivity contribution in [2.45, 2.75) is 38.3 Å². The third-order valence-corrected chi connectivity index (χ3v) is 4.23. The first-order valence-electron chi connectivity index (χ1n) is 6.75. The van der Waals surface area contributed by atoms with E-state index in [-0.39, 0.29) is 6.29 Å². The molecule has 2 aromatic rings. The molecule has 0 radical (unpaired) electrons. The number of nitrogens with zero attached hydrogens (tertiary/aromatic N) is 2. The first kappa shape index (κ1) is 13.5. The number of rotatable bonds is 3. The van der Waals surface area contributed by atoms with Gasteiger partial charge in [0.15, 0.2) is 12.6 Å². The molecule has 0 amide bonds. The van der Waals surface area contributed by atoms with Crippen molar-refractivity contribution in [1.29, 1.82) is 0 Å². The fourth-order valence-corrected chi connectivity index (χ4v) is 3.03. The van der Waals surface area contributed by atoms with Crippen LogP contribution in [0.3, 0.4) is 0 Å². The third-order valence-electron chi connectivity index (χ3n) is 3.66. The normalized spacial score (nSPS) is 24.9. The predicted octanol–water partition coefficient (Wildman–Crippen LogP) is 4.31. The summed E-state index contributed by atoms with van der Waals surface area (Å²) in [5.74, 6) is 1.19. The second-order valence-electron chi connectivity index (χ2n) is 5.23. The number of ether oxygens (including phenoxy) is 2. The van der Waals surface area contributed by atoms with Crippen LogP contribution >= 0.6 is 23.2 Å². The topological polar surface area (TPSA) is 57.4 Å². The molecule has 2 aromatic heterocycles. The van der Waals surface area contributed by atoms with Crippen LogP contribution in [-0.4, -0.2) is 16.4 Å². The third kappa shape index (κ3) is 2.25. The van der Waals surface area contributed by atoms with E-state index in [1.165, 1.54) is 12.4 Å². The summed E-state index contributed by atoms with van der Waals surface area (Å²) in [6.45, 7) is 1.84. The molecule has 1 saturated heterocycles. The average molecular weight is 327 g/mol. The summed E-state index contributed by atoms with van der Waals surface area (Å²) in [5.41, 5.74) is 1.97. The maximum Gasteiger partial charge on any atom is 0.195 e. The standard InChI is InChI=1S/C14H12Cl2N2O3/c1-6-19-14(20-6)11-12(18-21-13(11)7-2-3-7)10-8(15)4-17-5-9(10)16/h4-7,14H,2-3H2,1H3. The van der Waals surface area contributed by atoms with Crippen LogP contribution in [0.2, 0.25) is 10.0 Å². The van der Waals surface area contributed by atoms with Gasteiger partial charge in [-0.15, -0.1) is 0 Å². The highest BCUT2D eigenvalue weighted by Crippen LogP contribution is 2.50. The van der Waals surface area contributed by atoms with Crippen molar-refractivity contribution in [3.05, 3.63) is 33.8 Å². The summed E-state index contributed by atoms with van der Waals surface area (Å²) in [6.07, 6.45) is 4.53. The second kappa shape index (κ2) is 4.95. The van der Waals surface area contributed by atoms with E-state index in [2.05, 4.69) is 10.1 Å². The van der Waals surface area contributed by atoms with Gasteiger partial charge in [0.05, 0.1) is 15.6 Å². The van der Waals surface area contributed by atoms with Gasteiger partial charge in [0.25, 0.3) is 0 Å². The number of hydrogen-bond acceptors (Lipinski definition) is 5. The zero-order valence-electron chi connectivity index (χ0n) is 11.2. The number of hydrogen-bond donors (Lipinski definition) is 0. The van der Waals surface area contributed by atoms with Gasteiger partial charge >= 0.3 is 0 Å². The molecule has 0 bridgehead atoms. The first-order valence-corrected chi connectivity index (χ1v) is 7.50. The van der Waals surface area contributed by atoms with Crippen molar-refractivity contribution >= 4 is 23.2 Å². The van der Waals surface area contributed by atoms with Crippen LogP contribution in [0.15, 0.2) is 16.9 Å². The minimum absolute atomic E-state index is 0.229. The lowest BCUT2D eigenvalue weighted by atomic mass is 10.0. The zero-order valence-corrected chi connectivity index (χ0v) is 12.7. The van der Waals surface area contributed by atoms with Crippen LogP contribution in [0.5, 0.6) is 0 Å². The van der Waals surface area contributed by atoms with E-state index in [4.69, 9.17) is 37.2 Å². The summed E-state index contributed by atoms with van der Waals surface area (Å²) in [5, 5.41) is 5.01. The van der Waals surface area contributed by atoms with Crippen molar-refractivity contribution in [2.75, 3.05) is 0 Å². The maximum atomic E-state index is 6.22. The molecule has 0 unspecified atom stereocenters. The molecule has 1 aliphatic heterocycles. The van der Waals surface area contributed by atoms with Gasteiger partial charge in [0, 0.05) is 23.9 Å². The molecule has 2 aliphatic rings. The van der Waals surface area contributed by atoms with Crippen LogP contribution < -0.4 is 0 Å². The summed E-state index contributed by atoms with van der Waals surface area (Å²) >= 11 is 12.4. The lowest BCUT2D eigenvalue weighted by molar-refractivity contribution is -0.382. The van der Waals surface area contributed by atoms with Gasteiger partial charge in [-0.1, -0.05) is 28.4 Å². The molecule has 1 aliphatic carbocycles. The van der Waals surface area contributed by atoms with Crippen LogP contribution in [0, 0.1) is 0 Å². The van der Waals surface area contributed by atoms with Crippen LogP contribution in [-0.2, 0) is 9.47 Å². The molecular weight excluding hydrogens is 315 g/mol. The minimum Gasteiger partial charge on any atom is -0.360 e. The van der Waals surface area contributed by atoms with Gasteiger partial charge in [-0.2, -0.15) is 0 Å². The molecule has 2 fully saturated rings. The highest BCUT2D eigenvalue weighted by molar-refractivity contribution is 6.38. The Morgan fingerprint density at radius 1 is 1.14 bits per heavy atom. The van der Waals surface area contributed by atoms with Gasteiger partial charge in [-0.05, 0) is 19.8 Å². The van der Waals surface area contributed by atoms with E-state index in [9.17, 15) is 0 Å². The average Bonchev–Trinajstić information content (AvgIpc) is 3.17. The summed E-state index contributed by atoms with van der Waals surface area (Å²) < 4.78 is 16.8.